The summed E-state index contributed by atoms with van der Waals surface area (Å²) in [6.45, 7) is 2.97. The predicted octanol–water partition coefficient (Wildman–Crippen LogP) is 2.95. The fraction of sp³-hybridized carbons (Fsp3) is 0.296. The highest BCUT2D eigenvalue weighted by molar-refractivity contribution is 6.04. The molecule has 4 aromatic rings. The van der Waals surface area contributed by atoms with Gasteiger partial charge in [-0.2, -0.15) is 5.10 Å². The van der Waals surface area contributed by atoms with Gasteiger partial charge >= 0.3 is 0 Å². The van der Waals surface area contributed by atoms with Gasteiger partial charge in [-0.15, -0.1) is 5.10 Å². The number of imidazole rings is 1. The Morgan fingerprint density at radius 3 is 2.76 bits per heavy atom. The molecule has 0 bridgehead atoms. The van der Waals surface area contributed by atoms with Gasteiger partial charge in [0.15, 0.2) is 5.82 Å². The molecule has 2 atom stereocenters. The number of aldehydes is 1. The highest BCUT2D eigenvalue weighted by atomic mass is 16.2. The van der Waals surface area contributed by atoms with Gasteiger partial charge in [0, 0.05) is 61.1 Å². The average molecular weight is 513 g/mol. The molecule has 11 heteroatoms. The molecule has 194 valence electrons. The normalized spacial score (nSPS) is 16.2. The van der Waals surface area contributed by atoms with E-state index >= 15 is 0 Å². The molecule has 38 heavy (non-hydrogen) atoms. The maximum Gasteiger partial charge on any atom is 0.256 e. The maximum absolute atomic E-state index is 12.9. The third-order valence-corrected chi connectivity index (χ3v) is 6.81. The lowest BCUT2D eigenvalue weighted by Crippen LogP contribution is -2.42. The van der Waals surface area contributed by atoms with E-state index in [9.17, 15) is 14.4 Å². The van der Waals surface area contributed by atoms with Crippen molar-refractivity contribution in [2.45, 2.75) is 32.1 Å². The number of likely N-dealkylation sites (tertiary alicyclic amines) is 1. The summed E-state index contributed by atoms with van der Waals surface area (Å²) in [5, 5.41) is 10.4. The molecular formula is C27H28N8O3. The van der Waals surface area contributed by atoms with E-state index in [2.05, 4.69) is 20.5 Å². The zero-order valence-corrected chi connectivity index (χ0v) is 20.9. The molecule has 1 fully saturated rings. The van der Waals surface area contributed by atoms with Gasteiger partial charge in [0.2, 0.25) is 5.91 Å². The number of aromatic nitrogens is 5. The van der Waals surface area contributed by atoms with Crippen molar-refractivity contribution in [3.05, 3.63) is 66.4 Å². The SMILES string of the molecule is CC(CC=O)C(=O)N1CCC[C@@H](c2nc(-c3ccc(C(=O)Nc4cccnn4)cc3)c3c(N)nccn23)C1. The maximum atomic E-state index is 12.9. The Bertz CT molecular complexity index is 1470. The van der Waals surface area contributed by atoms with E-state index in [-0.39, 0.29) is 30.1 Å². The smallest absolute Gasteiger partial charge is 0.256 e. The minimum atomic E-state index is -0.344. The van der Waals surface area contributed by atoms with Crippen LogP contribution >= 0.6 is 0 Å². The lowest BCUT2D eigenvalue weighted by atomic mass is 9.95. The summed E-state index contributed by atoms with van der Waals surface area (Å²) in [5.41, 5.74) is 8.88. The van der Waals surface area contributed by atoms with Crippen LogP contribution < -0.4 is 11.1 Å². The van der Waals surface area contributed by atoms with Crippen LogP contribution in [0.4, 0.5) is 11.6 Å². The molecule has 5 rings (SSSR count). The lowest BCUT2D eigenvalue weighted by molar-refractivity contribution is -0.137. The van der Waals surface area contributed by atoms with Crippen molar-refractivity contribution >= 4 is 35.3 Å². The summed E-state index contributed by atoms with van der Waals surface area (Å²) in [6, 6.07) is 10.4. The van der Waals surface area contributed by atoms with Gasteiger partial charge in [0.1, 0.15) is 29.1 Å². The quantitative estimate of drug-likeness (QED) is 0.359. The number of rotatable bonds is 7. The number of nitrogens with two attached hydrogens (primary N) is 1. The second kappa shape index (κ2) is 10.8. The van der Waals surface area contributed by atoms with Crippen molar-refractivity contribution < 1.29 is 14.4 Å². The fourth-order valence-corrected chi connectivity index (χ4v) is 4.86. The summed E-state index contributed by atoms with van der Waals surface area (Å²) in [4.78, 5) is 47.5. The molecule has 1 aromatic carbocycles. The van der Waals surface area contributed by atoms with Crippen LogP contribution in [-0.4, -0.2) is 60.7 Å². The highest BCUT2D eigenvalue weighted by Gasteiger charge is 2.31. The van der Waals surface area contributed by atoms with Crippen LogP contribution in [0.3, 0.4) is 0 Å². The first kappa shape index (κ1) is 25.0. The van der Waals surface area contributed by atoms with Gasteiger partial charge in [0.05, 0.1) is 0 Å². The second-order valence-corrected chi connectivity index (χ2v) is 9.42. The highest BCUT2D eigenvalue weighted by Crippen LogP contribution is 2.34. The van der Waals surface area contributed by atoms with E-state index in [0.717, 1.165) is 30.5 Å². The van der Waals surface area contributed by atoms with Gasteiger partial charge in [0.25, 0.3) is 5.91 Å². The molecule has 1 aliphatic rings. The van der Waals surface area contributed by atoms with Gasteiger partial charge in [-0.25, -0.2) is 9.97 Å². The minimum Gasteiger partial charge on any atom is -0.382 e. The number of benzene rings is 1. The number of carbonyl (C=O) groups is 3. The largest absolute Gasteiger partial charge is 0.382 e. The molecule has 1 unspecified atom stereocenters. The van der Waals surface area contributed by atoms with Crippen LogP contribution in [0.15, 0.2) is 55.0 Å². The summed E-state index contributed by atoms with van der Waals surface area (Å²) in [7, 11) is 0. The Balaban J connectivity index is 1.44. The molecular weight excluding hydrogens is 484 g/mol. The summed E-state index contributed by atoms with van der Waals surface area (Å²) >= 11 is 0. The summed E-state index contributed by atoms with van der Waals surface area (Å²) in [5.74, 6) is 0.845. The van der Waals surface area contributed by atoms with E-state index in [0.29, 0.717) is 41.5 Å². The Morgan fingerprint density at radius 2 is 2.03 bits per heavy atom. The third-order valence-electron chi connectivity index (χ3n) is 6.81. The standard InChI is InChI=1S/C27H28N8O3/c1-17(10-15-36)27(38)34-13-3-4-20(16-34)25-32-22(23-24(28)29-12-14-35(23)25)18-6-8-19(9-7-18)26(37)31-21-5-2-11-30-33-21/h2,5-9,11-12,14-15,17,20H,3-4,10,13,16H2,1H3,(H2,28,29)(H,31,33,37)/t17?,20-/m1/s1. The number of amides is 2. The van der Waals surface area contributed by atoms with E-state index in [1.54, 1.807) is 37.4 Å². The first-order valence-corrected chi connectivity index (χ1v) is 12.5. The minimum absolute atomic E-state index is 0.00351. The van der Waals surface area contributed by atoms with Gasteiger partial charge in [-0.3, -0.25) is 14.0 Å². The van der Waals surface area contributed by atoms with Crippen molar-refractivity contribution in [2.75, 3.05) is 24.1 Å². The topological polar surface area (TPSA) is 148 Å². The number of nitrogens with one attached hydrogen (secondary N) is 1. The number of nitrogens with zero attached hydrogens (tertiary/aromatic N) is 6. The molecule has 0 aliphatic carbocycles. The third kappa shape index (κ3) is 4.95. The van der Waals surface area contributed by atoms with Crippen molar-refractivity contribution in [1.82, 2.24) is 29.5 Å². The van der Waals surface area contributed by atoms with Gasteiger partial charge in [-0.1, -0.05) is 19.1 Å². The molecule has 1 saturated heterocycles. The molecule has 0 spiro atoms. The average Bonchev–Trinajstić information content (AvgIpc) is 3.34. The van der Waals surface area contributed by atoms with E-state index in [1.165, 1.54) is 6.20 Å². The van der Waals surface area contributed by atoms with E-state index < -0.39 is 0 Å². The van der Waals surface area contributed by atoms with Gasteiger partial charge in [-0.05, 0) is 37.1 Å². The monoisotopic (exact) mass is 512 g/mol. The summed E-state index contributed by atoms with van der Waals surface area (Å²) < 4.78 is 1.94. The van der Waals surface area contributed by atoms with Crippen molar-refractivity contribution in [3.8, 4) is 11.3 Å². The molecule has 3 N–H and O–H groups in total. The first-order chi connectivity index (χ1) is 18.5. The second-order valence-electron chi connectivity index (χ2n) is 9.42. The van der Waals surface area contributed by atoms with Crippen molar-refractivity contribution in [2.24, 2.45) is 5.92 Å². The van der Waals surface area contributed by atoms with Crippen molar-refractivity contribution in [3.63, 3.8) is 0 Å². The number of fused-ring (bicyclic) bond motifs is 1. The first-order valence-electron chi connectivity index (χ1n) is 12.5. The molecule has 2 amide bonds. The summed E-state index contributed by atoms with van der Waals surface area (Å²) in [6.07, 6.45) is 7.71. The zero-order chi connectivity index (χ0) is 26.6. The molecule has 3 aromatic heterocycles. The van der Waals surface area contributed by atoms with Crippen LogP contribution in [0, 0.1) is 5.92 Å². The number of hydrogen-bond acceptors (Lipinski definition) is 8. The fourth-order valence-electron chi connectivity index (χ4n) is 4.86. The van der Waals surface area contributed by atoms with Crippen LogP contribution in [0.25, 0.3) is 16.8 Å². The van der Waals surface area contributed by atoms with Crippen LogP contribution in [0.5, 0.6) is 0 Å². The zero-order valence-electron chi connectivity index (χ0n) is 20.9. The van der Waals surface area contributed by atoms with Crippen LogP contribution in [-0.2, 0) is 9.59 Å². The number of piperidine rings is 1. The molecule has 4 heterocycles. The lowest BCUT2D eigenvalue weighted by Gasteiger charge is -2.33. The van der Waals surface area contributed by atoms with Crippen molar-refractivity contribution in [1.29, 1.82) is 0 Å². The number of anilines is 2. The van der Waals surface area contributed by atoms with Crippen LogP contribution in [0.2, 0.25) is 0 Å². The number of nitrogen functional groups attached to an aromatic ring is 1. The number of hydrogen-bond donors (Lipinski definition) is 2. The Labute approximate surface area is 219 Å². The molecule has 0 saturated carbocycles. The Kier molecular flexibility index (Phi) is 7.07. The number of carbonyl (C=O) groups excluding carboxylic acids is 3. The Hall–Kier alpha value is -4.67. The van der Waals surface area contributed by atoms with E-state index in [4.69, 9.17) is 10.7 Å². The molecule has 1 aliphatic heterocycles. The van der Waals surface area contributed by atoms with Crippen LogP contribution in [0.1, 0.15) is 48.3 Å². The predicted molar refractivity (Wildman–Crippen MR) is 141 cm³/mol. The molecule has 0 radical (unpaired) electrons. The van der Waals surface area contributed by atoms with E-state index in [1.807, 2.05) is 27.6 Å². The van der Waals surface area contributed by atoms with Gasteiger partial charge < -0.3 is 20.7 Å². The molecule has 11 nitrogen and oxygen atoms in total. The Morgan fingerprint density at radius 1 is 1.21 bits per heavy atom.